The number of esters is 1. The van der Waals surface area contributed by atoms with Gasteiger partial charge in [0.2, 0.25) is 10.0 Å². The minimum Gasteiger partial charge on any atom is -0.452 e. The number of carbonyl (C=O) groups excluding carboxylic acids is 2. The van der Waals surface area contributed by atoms with Crippen molar-refractivity contribution in [1.82, 2.24) is 10.0 Å². The topological polar surface area (TPSA) is 102 Å². The Labute approximate surface area is 156 Å². The Bertz CT molecular complexity index is 732. The van der Waals surface area contributed by atoms with Crippen molar-refractivity contribution in [1.29, 1.82) is 0 Å². The zero-order chi connectivity index (χ0) is 19.2. The van der Waals surface area contributed by atoms with Crippen LogP contribution in [-0.2, 0) is 19.6 Å². The Kier molecular flexibility index (Phi) is 8.04. The van der Waals surface area contributed by atoms with Crippen LogP contribution in [-0.4, -0.2) is 39.5 Å². The molecule has 1 aromatic carbocycles. The van der Waals surface area contributed by atoms with E-state index in [4.69, 9.17) is 4.74 Å². The Hall–Kier alpha value is -1.45. The first-order chi connectivity index (χ1) is 11.5. The SMILES string of the molecule is CC(C)CNC(=O)COC(=O)c1cc(S(=O)(=O)NC(C)C)ccc1Br. The van der Waals surface area contributed by atoms with Gasteiger partial charge in [0.05, 0.1) is 10.5 Å². The van der Waals surface area contributed by atoms with Crippen LogP contribution in [0.4, 0.5) is 0 Å². The third kappa shape index (κ3) is 7.13. The third-order valence-corrected chi connectivity index (χ3v) is 5.25. The third-order valence-electron chi connectivity index (χ3n) is 2.90. The predicted molar refractivity (Wildman–Crippen MR) is 97.7 cm³/mol. The number of benzene rings is 1. The minimum atomic E-state index is -3.74. The Morgan fingerprint density at radius 3 is 2.40 bits per heavy atom. The van der Waals surface area contributed by atoms with Crippen molar-refractivity contribution in [2.75, 3.05) is 13.2 Å². The summed E-state index contributed by atoms with van der Waals surface area (Å²) in [6.45, 7) is 7.33. The number of hydrogen-bond donors (Lipinski definition) is 2. The summed E-state index contributed by atoms with van der Waals surface area (Å²) in [6.07, 6.45) is 0. The van der Waals surface area contributed by atoms with Gasteiger partial charge in [-0.25, -0.2) is 17.9 Å². The normalized spacial score (nSPS) is 11.6. The van der Waals surface area contributed by atoms with Crippen molar-refractivity contribution in [3.05, 3.63) is 28.2 Å². The molecule has 0 atom stereocenters. The Morgan fingerprint density at radius 1 is 1.20 bits per heavy atom. The first kappa shape index (κ1) is 21.6. The van der Waals surface area contributed by atoms with Gasteiger partial charge < -0.3 is 10.1 Å². The van der Waals surface area contributed by atoms with Gasteiger partial charge >= 0.3 is 5.97 Å². The van der Waals surface area contributed by atoms with Gasteiger partial charge in [-0.2, -0.15) is 0 Å². The van der Waals surface area contributed by atoms with Crippen LogP contribution in [0.1, 0.15) is 38.1 Å². The quantitative estimate of drug-likeness (QED) is 0.609. The molecule has 7 nitrogen and oxygen atoms in total. The molecule has 0 aliphatic rings. The molecule has 0 bridgehead atoms. The van der Waals surface area contributed by atoms with E-state index in [1.54, 1.807) is 13.8 Å². The van der Waals surface area contributed by atoms with Crippen LogP contribution in [0.25, 0.3) is 0 Å². The first-order valence-electron chi connectivity index (χ1n) is 7.78. The van der Waals surface area contributed by atoms with Crippen molar-refractivity contribution in [2.24, 2.45) is 5.92 Å². The molecule has 0 saturated carbocycles. The molecule has 0 unspecified atom stereocenters. The van der Waals surface area contributed by atoms with E-state index >= 15 is 0 Å². The highest BCUT2D eigenvalue weighted by Crippen LogP contribution is 2.22. The second kappa shape index (κ2) is 9.30. The molecule has 0 saturated heterocycles. The average Bonchev–Trinajstić information content (AvgIpc) is 2.49. The lowest BCUT2D eigenvalue weighted by molar-refractivity contribution is -0.124. The van der Waals surface area contributed by atoms with Gasteiger partial charge in [0.25, 0.3) is 5.91 Å². The summed E-state index contributed by atoms with van der Waals surface area (Å²) < 4.78 is 32.2. The molecule has 0 spiro atoms. The summed E-state index contributed by atoms with van der Waals surface area (Å²) >= 11 is 3.19. The van der Waals surface area contributed by atoms with E-state index in [0.717, 1.165) is 0 Å². The van der Waals surface area contributed by atoms with Gasteiger partial charge in [-0.1, -0.05) is 13.8 Å². The lowest BCUT2D eigenvalue weighted by Crippen LogP contribution is -2.32. The molecule has 1 rings (SSSR count). The molecule has 0 fully saturated rings. The zero-order valence-electron chi connectivity index (χ0n) is 14.6. The fraction of sp³-hybridized carbons (Fsp3) is 0.500. The van der Waals surface area contributed by atoms with Crippen LogP contribution in [0, 0.1) is 5.92 Å². The average molecular weight is 435 g/mol. The molecule has 2 N–H and O–H groups in total. The van der Waals surface area contributed by atoms with E-state index in [-0.39, 0.29) is 22.4 Å². The molecule has 9 heteroatoms. The summed E-state index contributed by atoms with van der Waals surface area (Å²) in [7, 11) is -3.74. The van der Waals surface area contributed by atoms with Crippen LogP contribution < -0.4 is 10.0 Å². The highest BCUT2D eigenvalue weighted by Gasteiger charge is 2.20. The molecule has 0 aliphatic carbocycles. The van der Waals surface area contributed by atoms with Crippen LogP contribution in [0.15, 0.2) is 27.6 Å². The molecule has 0 aromatic heterocycles. The summed E-state index contributed by atoms with van der Waals surface area (Å²) in [6, 6.07) is 3.75. The largest absolute Gasteiger partial charge is 0.452 e. The number of amides is 1. The lowest BCUT2D eigenvalue weighted by atomic mass is 10.2. The van der Waals surface area contributed by atoms with Gasteiger partial charge in [0.1, 0.15) is 0 Å². The Morgan fingerprint density at radius 2 is 1.84 bits per heavy atom. The highest BCUT2D eigenvalue weighted by molar-refractivity contribution is 9.10. The standard InChI is InChI=1S/C16H23BrN2O5S/c1-10(2)8-18-15(20)9-24-16(21)13-7-12(5-6-14(13)17)25(22,23)19-11(3)4/h5-7,10-11,19H,8-9H2,1-4H3,(H,18,20). The van der Waals surface area contributed by atoms with Crippen molar-refractivity contribution in [3.8, 4) is 0 Å². The molecular weight excluding hydrogens is 412 g/mol. The van der Waals surface area contributed by atoms with Crippen LogP contribution in [0.2, 0.25) is 0 Å². The monoisotopic (exact) mass is 434 g/mol. The van der Waals surface area contributed by atoms with Crippen molar-refractivity contribution < 1.29 is 22.7 Å². The second-order valence-electron chi connectivity index (χ2n) is 6.19. The number of ether oxygens (including phenoxy) is 1. The molecule has 1 amide bonds. The number of halogens is 1. The molecule has 0 heterocycles. The van der Waals surface area contributed by atoms with E-state index in [1.165, 1.54) is 18.2 Å². The predicted octanol–water partition coefficient (Wildman–Crippen LogP) is 2.06. The van der Waals surface area contributed by atoms with E-state index in [1.807, 2.05) is 13.8 Å². The van der Waals surface area contributed by atoms with Gasteiger partial charge in [0, 0.05) is 17.1 Å². The summed E-state index contributed by atoms with van der Waals surface area (Å²) in [4.78, 5) is 23.7. The van der Waals surface area contributed by atoms with E-state index in [2.05, 4.69) is 26.0 Å². The van der Waals surface area contributed by atoms with E-state index < -0.39 is 28.5 Å². The molecule has 140 valence electrons. The van der Waals surface area contributed by atoms with Crippen LogP contribution in [0.3, 0.4) is 0 Å². The fourth-order valence-corrected chi connectivity index (χ4v) is 3.47. The van der Waals surface area contributed by atoms with Gasteiger partial charge in [-0.3, -0.25) is 4.79 Å². The minimum absolute atomic E-state index is 0.0308. The van der Waals surface area contributed by atoms with E-state index in [0.29, 0.717) is 11.0 Å². The second-order valence-corrected chi connectivity index (χ2v) is 8.76. The van der Waals surface area contributed by atoms with Gasteiger partial charge in [-0.05, 0) is 53.9 Å². The van der Waals surface area contributed by atoms with Gasteiger partial charge in [-0.15, -0.1) is 0 Å². The maximum Gasteiger partial charge on any atom is 0.339 e. The number of carbonyl (C=O) groups is 2. The summed E-state index contributed by atoms with van der Waals surface area (Å²) in [5.41, 5.74) is 0.0308. The molecule has 1 aromatic rings. The smallest absolute Gasteiger partial charge is 0.339 e. The van der Waals surface area contributed by atoms with E-state index in [9.17, 15) is 18.0 Å². The summed E-state index contributed by atoms with van der Waals surface area (Å²) in [5, 5.41) is 2.63. The molecule has 0 aliphatic heterocycles. The lowest BCUT2D eigenvalue weighted by Gasteiger charge is -2.12. The summed E-state index contributed by atoms with van der Waals surface area (Å²) in [5.74, 6) is -0.916. The number of sulfonamides is 1. The molecular formula is C16H23BrN2O5S. The molecule has 0 radical (unpaired) electrons. The van der Waals surface area contributed by atoms with Crippen LogP contribution >= 0.6 is 15.9 Å². The van der Waals surface area contributed by atoms with Crippen molar-refractivity contribution >= 4 is 37.8 Å². The van der Waals surface area contributed by atoms with Gasteiger partial charge in [0.15, 0.2) is 6.61 Å². The van der Waals surface area contributed by atoms with Crippen molar-refractivity contribution in [2.45, 2.75) is 38.6 Å². The molecule has 25 heavy (non-hydrogen) atoms. The number of hydrogen-bond acceptors (Lipinski definition) is 5. The highest BCUT2D eigenvalue weighted by atomic mass is 79.9. The fourth-order valence-electron chi connectivity index (χ4n) is 1.78. The maximum atomic E-state index is 12.2. The Balaban J connectivity index is 2.85. The first-order valence-corrected chi connectivity index (χ1v) is 10.1. The van der Waals surface area contributed by atoms with Crippen LogP contribution in [0.5, 0.6) is 0 Å². The maximum absolute atomic E-state index is 12.2. The van der Waals surface area contributed by atoms with Crippen molar-refractivity contribution in [3.63, 3.8) is 0 Å². The number of rotatable bonds is 8. The number of nitrogens with one attached hydrogen (secondary N) is 2. The zero-order valence-corrected chi connectivity index (χ0v) is 17.0.